The zero-order valence-corrected chi connectivity index (χ0v) is 20.8. The Hall–Kier alpha value is -2.10. The number of cyclic esters (lactones) is 1. The number of rotatable bonds is 2. The number of fused-ring (bicyclic) bond motifs is 4. The summed E-state index contributed by atoms with van der Waals surface area (Å²) in [6, 6.07) is 7.62. The Morgan fingerprint density at radius 1 is 1.03 bits per heavy atom. The zero-order chi connectivity index (χ0) is 23.6. The third kappa shape index (κ3) is 3.23. The molecule has 2 saturated carbocycles. The van der Waals surface area contributed by atoms with Gasteiger partial charge in [-0.25, -0.2) is 0 Å². The molecule has 1 aliphatic heterocycles. The van der Waals surface area contributed by atoms with E-state index in [2.05, 4.69) is 39.8 Å². The first-order valence-electron chi connectivity index (χ1n) is 12.6. The average Bonchev–Trinajstić information content (AvgIpc) is 3.13. The number of hydrogen-bond donors (Lipinski definition) is 0. The quantitative estimate of drug-likeness (QED) is 0.303. The van der Waals surface area contributed by atoms with Crippen molar-refractivity contribution in [3.8, 4) is 5.75 Å². The highest BCUT2D eigenvalue weighted by molar-refractivity contribution is 5.80. The number of hydrogen-bond acceptors (Lipinski definition) is 4. The summed E-state index contributed by atoms with van der Waals surface area (Å²) in [7, 11) is 0. The third-order valence-electron chi connectivity index (χ3n) is 10.3. The topological polar surface area (TPSA) is 52.6 Å². The first-order valence-corrected chi connectivity index (χ1v) is 12.6. The molecule has 1 saturated heterocycles. The first-order chi connectivity index (χ1) is 15.5. The van der Waals surface area contributed by atoms with Gasteiger partial charge < -0.3 is 9.47 Å². The van der Waals surface area contributed by atoms with Crippen LogP contribution in [0.15, 0.2) is 36.4 Å². The summed E-state index contributed by atoms with van der Waals surface area (Å²) in [5, 5.41) is 0. The molecule has 0 bridgehead atoms. The minimum Gasteiger partial charge on any atom is -0.465 e. The van der Waals surface area contributed by atoms with Gasteiger partial charge in [-0.15, -0.1) is 0 Å². The van der Waals surface area contributed by atoms with Crippen LogP contribution in [0.3, 0.4) is 0 Å². The Morgan fingerprint density at radius 3 is 2.42 bits per heavy atom. The molecule has 4 heteroatoms. The fraction of sp³-hybridized carbons (Fsp3) is 0.655. The molecule has 0 amide bonds. The highest BCUT2D eigenvalue weighted by Gasteiger charge is 2.70. The van der Waals surface area contributed by atoms with Gasteiger partial charge in [0.25, 0.3) is 0 Å². The van der Waals surface area contributed by atoms with E-state index in [1.807, 2.05) is 31.2 Å². The number of esters is 2. The number of carbonyl (C=O) groups excluding carboxylic acids is 2. The van der Waals surface area contributed by atoms with E-state index in [0.29, 0.717) is 30.6 Å². The fourth-order valence-electron chi connectivity index (χ4n) is 8.71. The van der Waals surface area contributed by atoms with Crippen LogP contribution in [-0.2, 0) is 14.3 Å². The minimum atomic E-state index is -0.492. The Bertz CT molecular complexity index is 991. The average molecular weight is 451 g/mol. The van der Waals surface area contributed by atoms with Gasteiger partial charge in [0.15, 0.2) is 0 Å². The predicted octanol–water partition coefficient (Wildman–Crippen LogP) is 6.27. The van der Waals surface area contributed by atoms with Crippen molar-refractivity contribution in [2.45, 2.75) is 73.1 Å². The molecule has 0 N–H and O–H groups in total. The molecule has 1 aromatic carbocycles. The number of benzene rings is 1. The van der Waals surface area contributed by atoms with Gasteiger partial charge in [0.1, 0.15) is 5.75 Å². The number of carbonyl (C=O) groups is 2. The lowest BCUT2D eigenvalue weighted by Gasteiger charge is -2.67. The van der Waals surface area contributed by atoms with Crippen molar-refractivity contribution in [2.24, 2.45) is 39.4 Å². The number of ether oxygens (including phenoxy) is 2. The van der Waals surface area contributed by atoms with E-state index < -0.39 is 5.41 Å². The number of allylic oxidation sites excluding steroid dienone is 2. The minimum absolute atomic E-state index is 0.138. The van der Waals surface area contributed by atoms with Crippen molar-refractivity contribution in [1.82, 2.24) is 0 Å². The summed E-state index contributed by atoms with van der Waals surface area (Å²) in [5.41, 5.74) is 0.832. The molecule has 6 atom stereocenters. The molecule has 0 radical (unpaired) electrons. The maximum absolute atomic E-state index is 13.6. The Kier molecular flexibility index (Phi) is 5.12. The second kappa shape index (κ2) is 7.45. The van der Waals surface area contributed by atoms with Crippen molar-refractivity contribution >= 4 is 11.9 Å². The molecule has 0 aromatic heterocycles. The van der Waals surface area contributed by atoms with Crippen LogP contribution in [0.4, 0.5) is 0 Å². The van der Waals surface area contributed by atoms with Crippen molar-refractivity contribution in [1.29, 1.82) is 0 Å². The molecule has 3 fully saturated rings. The molecule has 33 heavy (non-hydrogen) atoms. The molecular formula is C29H38O4. The summed E-state index contributed by atoms with van der Waals surface area (Å²) < 4.78 is 11.6. The Morgan fingerprint density at radius 2 is 1.76 bits per heavy atom. The van der Waals surface area contributed by atoms with E-state index in [1.165, 1.54) is 0 Å². The van der Waals surface area contributed by atoms with E-state index in [4.69, 9.17) is 9.47 Å². The predicted molar refractivity (Wildman–Crippen MR) is 128 cm³/mol. The highest BCUT2D eigenvalue weighted by Crippen LogP contribution is 2.72. The monoisotopic (exact) mass is 450 g/mol. The van der Waals surface area contributed by atoms with E-state index >= 15 is 0 Å². The first kappa shape index (κ1) is 22.7. The zero-order valence-electron chi connectivity index (χ0n) is 20.8. The molecule has 1 spiro atoms. The second-order valence-corrected chi connectivity index (χ2v) is 12.4. The molecular weight excluding hydrogens is 412 g/mol. The van der Waals surface area contributed by atoms with Gasteiger partial charge >= 0.3 is 11.9 Å². The molecule has 4 nitrogen and oxygen atoms in total. The molecule has 1 heterocycles. The second-order valence-electron chi connectivity index (χ2n) is 12.4. The van der Waals surface area contributed by atoms with Gasteiger partial charge in [0.05, 0.1) is 18.9 Å². The molecule has 3 aliphatic carbocycles. The summed E-state index contributed by atoms with van der Waals surface area (Å²) in [6.45, 7) is 11.9. The normalized spacial score (nSPS) is 41.2. The van der Waals surface area contributed by atoms with E-state index in [9.17, 15) is 9.59 Å². The van der Waals surface area contributed by atoms with Crippen LogP contribution in [0.2, 0.25) is 0 Å². The van der Waals surface area contributed by atoms with Gasteiger partial charge in [-0.05, 0) is 79.2 Å². The number of aryl methyl sites for hydroxylation is 1. The van der Waals surface area contributed by atoms with Crippen LogP contribution in [0, 0.1) is 46.3 Å². The van der Waals surface area contributed by atoms with Crippen molar-refractivity contribution in [3.63, 3.8) is 0 Å². The van der Waals surface area contributed by atoms with Crippen molar-refractivity contribution in [3.05, 3.63) is 42.0 Å². The Balaban J connectivity index is 1.52. The van der Waals surface area contributed by atoms with Gasteiger partial charge in [-0.1, -0.05) is 57.5 Å². The van der Waals surface area contributed by atoms with Gasteiger partial charge in [0.2, 0.25) is 0 Å². The van der Waals surface area contributed by atoms with Crippen LogP contribution in [-0.4, -0.2) is 18.5 Å². The molecule has 178 valence electrons. The van der Waals surface area contributed by atoms with Crippen LogP contribution in [0.1, 0.15) is 71.8 Å². The van der Waals surface area contributed by atoms with Crippen LogP contribution >= 0.6 is 0 Å². The van der Waals surface area contributed by atoms with Gasteiger partial charge in [0, 0.05) is 5.41 Å². The lowest BCUT2D eigenvalue weighted by Crippen LogP contribution is -2.64. The molecule has 5 rings (SSSR count). The lowest BCUT2D eigenvalue weighted by atomic mass is 9.36. The highest BCUT2D eigenvalue weighted by atomic mass is 16.5. The Labute approximate surface area is 198 Å². The standard InChI is InChI=1S/C29H38O4/c1-19-7-9-20(10-8-19)33-25(31)21-11-12-23-27(4)15-6-14-26(2,3)22(27)13-16-28(23,5)29(21)17-24(30)32-18-29/h6-10,14,21-23H,11-13,15-18H2,1-5H3/t21-,22?,23-,27+,28-,29+/m1/s1. The third-order valence-corrected chi connectivity index (χ3v) is 10.3. The molecule has 4 aliphatic rings. The summed E-state index contributed by atoms with van der Waals surface area (Å²) >= 11 is 0. The SMILES string of the molecule is Cc1ccc(OC(=O)[C@H]2CC[C@@H]3[C@@]4(C)CC=CC(C)(C)C4CC[C@@]3(C)[C@@]23COC(=O)C3)cc1. The summed E-state index contributed by atoms with van der Waals surface area (Å²) in [5.74, 6) is 0.950. The van der Waals surface area contributed by atoms with E-state index in [-0.39, 0.29) is 34.1 Å². The van der Waals surface area contributed by atoms with Crippen LogP contribution in [0.25, 0.3) is 0 Å². The van der Waals surface area contributed by atoms with Crippen LogP contribution < -0.4 is 4.74 Å². The van der Waals surface area contributed by atoms with E-state index in [1.54, 1.807) is 0 Å². The van der Waals surface area contributed by atoms with Gasteiger partial charge in [-0.3, -0.25) is 9.59 Å². The van der Waals surface area contributed by atoms with E-state index in [0.717, 1.165) is 37.7 Å². The van der Waals surface area contributed by atoms with Crippen molar-refractivity contribution < 1.29 is 19.1 Å². The summed E-state index contributed by atoms with van der Waals surface area (Å²) in [4.78, 5) is 26.2. The largest absolute Gasteiger partial charge is 0.465 e. The molecule has 1 aromatic rings. The smallest absolute Gasteiger partial charge is 0.315 e. The molecule has 1 unspecified atom stereocenters. The summed E-state index contributed by atoms with van der Waals surface area (Å²) in [6.07, 6.45) is 10.1. The van der Waals surface area contributed by atoms with Gasteiger partial charge in [-0.2, -0.15) is 0 Å². The maximum Gasteiger partial charge on any atom is 0.315 e. The maximum atomic E-state index is 13.6. The van der Waals surface area contributed by atoms with Crippen molar-refractivity contribution in [2.75, 3.05) is 6.61 Å². The lowest BCUT2D eigenvalue weighted by molar-refractivity contribution is -0.203. The fourth-order valence-corrected chi connectivity index (χ4v) is 8.71. The van der Waals surface area contributed by atoms with Crippen LogP contribution in [0.5, 0.6) is 5.75 Å².